The molecule has 1 aromatic carbocycles. The highest BCUT2D eigenvalue weighted by Gasteiger charge is 2.36. The Balaban J connectivity index is 1.82. The molecule has 27 heavy (non-hydrogen) atoms. The normalized spacial score (nSPS) is 25.8. The second-order valence-corrected chi connectivity index (χ2v) is 8.44. The van der Waals surface area contributed by atoms with E-state index in [-0.39, 0.29) is 22.6 Å². The number of nitrogens with zero attached hydrogens (tertiary/aromatic N) is 1. The molecule has 3 rings (SSSR count). The zero-order chi connectivity index (χ0) is 19.6. The van der Waals surface area contributed by atoms with Gasteiger partial charge in [0.2, 0.25) is 0 Å². The molecule has 2 aliphatic rings. The van der Waals surface area contributed by atoms with E-state index < -0.39 is 5.97 Å². The SMILES string of the molecule is CCCC[N+]1(C)CCC(C(Cl)c2cc(C(=O)O)c3c(c2N)OCCO3)CC1. The van der Waals surface area contributed by atoms with Crippen LogP contribution in [0.4, 0.5) is 5.69 Å². The summed E-state index contributed by atoms with van der Waals surface area (Å²) < 4.78 is 12.2. The third-order valence-electron chi connectivity index (χ3n) is 5.95. The quantitative estimate of drug-likeness (QED) is 0.434. The molecule has 3 N–H and O–H groups in total. The molecule has 0 amide bonds. The van der Waals surface area contributed by atoms with Crippen LogP contribution in [-0.2, 0) is 0 Å². The number of anilines is 1. The van der Waals surface area contributed by atoms with Crippen LogP contribution in [0.1, 0.15) is 53.9 Å². The maximum absolute atomic E-state index is 11.7. The predicted octanol–water partition coefficient (Wildman–Crippen LogP) is 3.67. The predicted molar refractivity (Wildman–Crippen MR) is 106 cm³/mol. The molecule has 2 aliphatic heterocycles. The molecular weight excluding hydrogens is 368 g/mol. The van der Waals surface area contributed by atoms with E-state index in [2.05, 4.69) is 14.0 Å². The zero-order valence-corrected chi connectivity index (χ0v) is 16.9. The summed E-state index contributed by atoms with van der Waals surface area (Å²) in [6.07, 6.45) is 4.46. The van der Waals surface area contributed by atoms with Crippen molar-refractivity contribution in [2.75, 3.05) is 45.6 Å². The van der Waals surface area contributed by atoms with E-state index in [9.17, 15) is 9.90 Å². The highest BCUT2D eigenvalue weighted by molar-refractivity contribution is 6.21. The van der Waals surface area contributed by atoms with Crippen molar-refractivity contribution in [3.8, 4) is 11.5 Å². The lowest BCUT2D eigenvalue weighted by Crippen LogP contribution is -2.50. The smallest absolute Gasteiger partial charge is 0.339 e. The second-order valence-electron chi connectivity index (χ2n) is 7.97. The molecule has 7 heteroatoms. The number of carboxylic acid groups (broad SMARTS) is 1. The summed E-state index contributed by atoms with van der Waals surface area (Å²) >= 11 is 6.83. The van der Waals surface area contributed by atoms with E-state index in [1.807, 2.05) is 0 Å². The Kier molecular flexibility index (Phi) is 6.06. The third-order valence-corrected chi connectivity index (χ3v) is 6.55. The number of hydrogen-bond acceptors (Lipinski definition) is 4. The fraction of sp³-hybridized carbons (Fsp3) is 0.650. The number of ether oxygens (including phenoxy) is 2. The van der Waals surface area contributed by atoms with Crippen molar-refractivity contribution < 1.29 is 23.9 Å². The average molecular weight is 398 g/mol. The minimum Gasteiger partial charge on any atom is -0.485 e. The summed E-state index contributed by atoms with van der Waals surface area (Å²) in [5.41, 5.74) is 7.43. The molecule has 2 heterocycles. The first-order valence-electron chi connectivity index (χ1n) is 9.79. The van der Waals surface area contributed by atoms with Gasteiger partial charge in [-0.05, 0) is 24.0 Å². The molecule has 0 saturated carbocycles. The number of rotatable bonds is 6. The molecule has 0 spiro atoms. The molecule has 0 aliphatic carbocycles. The Morgan fingerprint density at radius 1 is 1.33 bits per heavy atom. The van der Waals surface area contributed by atoms with Crippen molar-refractivity contribution in [2.24, 2.45) is 5.92 Å². The van der Waals surface area contributed by atoms with Gasteiger partial charge in [0.15, 0.2) is 11.5 Å². The minimum atomic E-state index is -1.06. The number of halogens is 1. The van der Waals surface area contributed by atoms with E-state index in [1.165, 1.54) is 19.4 Å². The Bertz CT molecular complexity index is 702. The van der Waals surface area contributed by atoms with Crippen LogP contribution in [0.2, 0.25) is 0 Å². The lowest BCUT2D eigenvalue weighted by atomic mass is 9.87. The molecular formula is C20H30ClN2O4+. The average Bonchev–Trinajstić information content (AvgIpc) is 2.67. The number of carboxylic acids is 1. The molecule has 0 bridgehead atoms. The van der Waals surface area contributed by atoms with Crippen LogP contribution in [0.3, 0.4) is 0 Å². The molecule has 1 fully saturated rings. The van der Waals surface area contributed by atoms with Crippen LogP contribution in [0.15, 0.2) is 6.07 Å². The van der Waals surface area contributed by atoms with Crippen LogP contribution in [0, 0.1) is 5.92 Å². The largest absolute Gasteiger partial charge is 0.485 e. The lowest BCUT2D eigenvalue weighted by molar-refractivity contribution is -0.915. The lowest BCUT2D eigenvalue weighted by Gasteiger charge is -2.42. The van der Waals surface area contributed by atoms with Crippen LogP contribution < -0.4 is 15.2 Å². The number of nitrogen functional groups attached to an aromatic ring is 1. The fourth-order valence-electron chi connectivity index (χ4n) is 4.16. The number of fused-ring (bicyclic) bond motifs is 1. The molecule has 1 atom stereocenters. The zero-order valence-electron chi connectivity index (χ0n) is 16.2. The molecule has 1 saturated heterocycles. The number of hydrogen-bond donors (Lipinski definition) is 2. The number of nitrogens with two attached hydrogens (primary N) is 1. The van der Waals surface area contributed by atoms with Gasteiger partial charge in [-0.25, -0.2) is 4.79 Å². The van der Waals surface area contributed by atoms with Crippen molar-refractivity contribution in [1.82, 2.24) is 0 Å². The van der Waals surface area contributed by atoms with Crippen LogP contribution in [0.25, 0.3) is 0 Å². The molecule has 150 valence electrons. The van der Waals surface area contributed by atoms with Crippen molar-refractivity contribution in [1.29, 1.82) is 0 Å². The monoisotopic (exact) mass is 397 g/mol. The molecule has 1 aromatic rings. The number of carbonyl (C=O) groups is 1. The van der Waals surface area contributed by atoms with Gasteiger partial charge >= 0.3 is 5.97 Å². The van der Waals surface area contributed by atoms with Crippen molar-refractivity contribution in [2.45, 2.75) is 38.0 Å². The summed E-state index contributed by atoms with van der Waals surface area (Å²) in [6.45, 7) is 6.26. The van der Waals surface area contributed by atoms with Gasteiger partial charge in [-0.15, -0.1) is 11.6 Å². The number of alkyl halides is 1. The first-order chi connectivity index (χ1) is 12.9. The van der Waals surface area contributed by atoms with E-state index in [1.54, 1.807) is 6.07 Å². The summed E-state index contributed by atoms with van der Waals surface area (Å²) in [7, 11) is 2.32. The maximum Gasteiger partial charge on any atom is 0.339 e. The number of likely N-dealkylation sites (tertiary alicyclic amines) is 1. The Morgan fingerprint density at radius 3 is 2.56 bits per heavy atom. The van der Waals surface area contributed by atoms with Crippen molar-refractivity contribution >= 4 is 23.3 Å². The summed E-state index contributed by atoms with van der Waals surface area (Å²) in [6, 6.07) is 1.57. The number of piperidine rings is 1. The topological polar surface area (TPSA) is 81.8 Å². The van der Waals surface area contributed by atoms with Gasteiger partial charge in [0.25, 0.3) is 0 Å². The van der Waals surface area contributed by atoms with Gasteiger partial charge in [-0.2, -0.15) is 0 Å². The van der Waals surface area contributed by atoms with Gasteiger partial charge < -0.3 is 24.8 Å². The van der Waals surface area contributed by atoms with E-state index in [0.717, 1.165) is 30.4 Å². The van der Waals surface area contributed by atoms with Gasteiger partial charge in [0.05, 0.1) is 37.7 Å². The summed E-state index contributed by atoms with van der Waals surface area (Å²) in [4.78, 5) is 11.7. The van der Waals surface area contributed by atoms with Gasteiger partial charge in [0, 0.05) is 12.8 Å². The Labute approximate surface area is 165 Å². The Hall–Kier alpha value is -1.66. The second kappa shape index (κ2) is 8.15. The number of aromatic carboxylic acids is 1. The minimum absolute atomic E-state index is 0.0684. The summed E-state index contributed by atoms with van der Waals surface area (Å²) in [5.74, 6) is -0.257. The van der Waals surface area contributed by atoms with Gasteiger partial charge in [0.1, 0.15) is 18.8 Å². The standard InChI is InChI=1S/C20H29ClN2O4/c1-3-4-7-23(2)8-5-13(6-9-23)16(21)14-12-15(20(24)25)18-19(17(14)22)27-11-10-26-18/h12-13,16H,3-11,22H2,1-2H3/p+1. The third kappa shape index (κ3) is 4.11. The first kappa shape index (κ1) is 20.1. The number of benzene rings is 1. The van der Waals surface area contributed by atoms with E-state index >= 15 is 0 Å². The van der Waals surface area contributed by atoms with Gasteiger partial charge in [-0.3, -0.25) is 0 Å². The first-order valence-corrected chi connectivity index (χ1v) is 10.2. The summed E-state index contributed by atoms with van der Waals surface area (Å²) in [5, 5.41) is 9.24. The maximum atomic E-state index is 11.7. The fourth-order valence-corrected chi connectivity index (χ4v) is 4.59. The van der Waals surface area contributed by atoms with E-state index in [4.69, 9.17) is 26.8 Å². The Morgan fingerprint density at radius 2 is 1.96 bits per heavy atom. The molecule has 1 unspecified atom stereocenters. The van der Waals surface area contributed by atoms with Gasteiger partial charge in [-0.1, -0.05) is 13.3 Å². The van der Waals surface area contributed by atoms with E-state index in [0.29, 0.717) is 30.2 Å². The highest BCUT2D eigenvalue weighted by atomic mass is 35.5. The number of quaternary nitrogens is 1. The van der Waals surface area contributed by atoms with Crippen molar-refractivity contribution in [3.05, 3.63) is 17.2 Å². The van der Waals surface area contributed by atoms with Crippen LogP contribution >= 0.6 is 11.6 Å². The molecule has 0 aromatic heterocycles. The number of unbranched alkanes of at least 4 members (excludes halogenated alkanes) is 1. The van der Waals surface area contributed by atoms with Crippen LogP contribution in [-0.4, -0.2) is 55.5 Å². The highest BCUT2D eigenvalue weighted by Crippen LogP contribution is 2.47. The molecule has 0 radical (unpaired) electrons. The molecule has 6 nitrogen and oxygen atoms in total. The van der Waals surface area contributed by atoms with Crippen LogP contribution in [0.5, 0.6) is 11.5 Å². The van der Waals surface area contributed by atoms with Crippen molar-refractivity contribution in [3.63, 3.8) is 0 Å².